The molecule has 1 atom stereocenters. The van der Waals surface area contributed by atoms with Crippen LogP contribution in [0.15, 0.2) is 30.3 Å². The summed E-state index contributed by atoms with van der Waals surface area (Å²) in [7, 11) is -0.684. The van der Waals surface area contributed by atoms with Gasteiger partial charge in [0.05, 0.1) is 6.42 Å². The molecule has 90 valence electrons. The van der Waals surface area contributed by atoms with Gasteiger partial charge in [-0.05, 0) is 0 Å². The number of rotatable bonds is 6. The number of carbonyl (C=O) groups is 2. The summed E-state index contributed by atoms with van der Waals surface area (Å²) in [6.45, 7) is 0.142. The second kappa shape index (κ2) is 6.89. The van der Waals surface area contributed by atoms with Gasteiger partial charge in [0.15, 0.2) is 6.10 Å². The van der Waals surface area contributed by atoms with E-state index in [1.165, 1.54) is 0 Å². The lowest BCUT2D eigenvalue weighted by Gasteiger charge is -2.13. The molecule has 1 aromatic carbocycles. The quantitative estimate of drug-likeness (QED) is 0.612. The van der Waals surface area contributed by atoms with E-state index in [1.807, 2.05) is 0 Å². The summed E-state index contributed by atoms with van der Waals surface area (Å²) in [4.78, 5) is 22.7. The molecule has 0 aliphatic rings. The molecule has 2 N–H and O–H groups in total. The monoisotopic (exact) mass is 253 g/mol. The van der Waals surface area contributed by atoms with Gasteiger partial charge in [0.25, 0.3) is 5.52 Å². The first-order valence-corrected chi connectivity index (χ1v) is 5.82. The predicted octanol–water partition coefficient (Wildman–Crippen LogP) is 1.44. The third-order valence-corrected chi connectivity index (χ3v) is 2.43. The summed E-state index contributed by atoms with van der Waals surface area (Å²) in [6, 6.07) is 8.43. The van der Waals surface area contributed by atoms with Crippen LogP contribution in [0, 0.1) is 0 Å². The molecule has 0 saturated carbocycles. The van der Waals surface area contributed by atoms with Gasteiger partial charge < -0.3 is 10.5 Å². The van der Waals surface area contributed by atoms with Gasteiger partial charge in [0.1, 0.15) is 0 Å². The fraction of sp³-hybridized carbons (Fsp3) is 0.273. The van der Waals surface area contributed by atoms with Gasteiger partial charge in [-0.15, -0.1) is 0 Å². The van der Waals surface area contributed by atoms with Crippen molar-refractivity contribution in [1.29, 1.82) is 0 Å². The highest BCUT2D eigenvalue weighted by Crippen LogP contribution is 2.23. The van der Waals surface area contributed by atoms with Crippen LogP contribution < -0.4 is 5.73 Å². The molecule has 0 saturated heterocycles. The van der Waals surface area contributed by atoms with Gasteiger partial charge in [0, 0.05) is 12.1 Å². The van der Waals surface area contributed by atoms with Crippen molar-refractivity contribution in [2.75, 3.05) is 6.54 Å². The molecule has 6 heteroatoms. The van der Waals surface area contributed by atoms with Crippen LogP contribution in [0.2, 0.25) is 0 Å². The highest BCUT2D eigenvalue weighted by Gasteiger charge is 2.24. The van der Waals surface area contributed by atoms with Crippen LogP contribution in [0.3, 0.4) is 0 Å². The Kier molecular flexibility index (Phi) is 5.46. The van der Waals surface area contributed by atoms with Gasteiger partial charge in [-0.2, -0.15) is 0 Å². The summed E-state index contributed by atoms with van der Waals surface area (Å²) in [6.07, 6.45) is -1.11. The Bertz CT molecular complexity index is 407. The minimum absolute atomic E-state index is 0.0202. The molecule has 0 radical (unpaired) electrons. The first-order chi connectivity index (χ1) is 8.19. The lowest BCUT2D eigenvalue weighted by molar-refractivity contribution is -0.153. The lowest BCUT2D eigenvalue weighted by Crippen LogP contribution is -2.18. The normalized spacial score (nSPS) is 12.1. The Morgan fingerprint density at radius 2 is 1.94 bits per heavy atom. The molecular weight excluding hydrogens is 241 g/mol. The summed E-state index contributed by atoms with van der Waals surface area (Å²) in [5, 5.41) is 0. The molecule has 0 aliphatic carbocycles. The SMILES string of the molecule is NCCC(=O)O[C@@H](C(=O)P=O)c1ccccc1. The second-order valence-electron chi connectivity index (χ2n) is 3.25. The Balaban J connectivity index is 2.85. The van der Waals surface area contributed by atoms with Gasteiger partial charge in [-0.25, -0.2) is 0 Å². The molecule has 0 spiro atoms. The number of esters is 1. The van der Waals surface area contributed by atoms with Crippen LogP contribution in [0.5, 0.6) is 0 Å². The van der Waals surface area contributed by atoms with E-state index in [-0.39, 0.29) is 13.0 Å². The number of benzene rings is 1. The topological polar surface area (TPSA) is 86.5 Å². The molecular formula is C11H12NO4P. The largest absolute Gasteiger partial charge is 0.448 e. The molecule has 0 aliphatic heterocycles. The number of ether oxygens (including phenoxy) is 1. The number of carbonyl (C=O) groups excluding carboxylic acids is 2. The number of hydrogen-bond donors (Lipinski definition) is 1. The first kappa shape index (κ1) is 13.5. The molecule has 1 aromatic rings. The van der Waals surface area contributed by atoms with Crippen LogP contribution in [-0.4, -0.2) is 18.0 Å². The lowest BCUT2D eigenvalue weighted by atomic mass is 10.1. The van der Waals surface area contributed by atoms with Gasteiger partial charge in [-0.3, -0.25) is 14.2 Å². The van der Waals surface area contributed by atoms with Crippen molar-refractivity contribution in [3.05, 3.63) is 35.9 Å². The van der Waals surface area contributed by atoms with Gasteiger partial charge in [0.2, 0.25) is 8.46 Å². The third-order valence-electron chi connectivity index (χ3n) is 2.01. The average Bonchev–Trinajstić information content (AvgIpc) is 2.36. The molecule has 0 unspecified atom stereocenters. The zero-order valence-corrected chi connectivity index (χ0v) is 9.93. The zero-order valence-electron chi connectivity index (χ0n) is 9.04. The number of nitrogens with two attached hydrogens (primary N) is 1. The molecule has 0 aromatic heterocycles. The predicted molar refractivity (Wildman–Crippen MR) is 61.6 cm³/mol. The Morgan fingerprint density at radius 1 is 1.29 bits per heavy atom. The highest BCUT2D eigenvalue weighted by atomic mass is 31.1. The van der Waals surface area contributed by atoms with E-state index >= 15 is 0 Å². The van der Waals surface area contributed by atoms with Gasteiger partial charge >= 0.3 is 5.97 Å². The molecule has 0 heterocycles. The summed E-state index contributed by atoms with van der Waals surface area (Å²) in [5.41, 5.74) is 5.00. The summed E-state index contributed by atoms with van der Waals surface area (Å²) >= 11 is 0. The van der Waals surface area contributed by atoms with Crippen LogP contribution in [0.25, 0.3) is 0 Å². The zero-order chi connectivity index (χ0) is 12.7. The van der Waals surface area contributed by atoms with E-state index in [0.717, 1.165) is 0 Å². The van der Waals surface area contributed by atoms with Crippen molar-refractivity contribution in [3.8, 4) is 0 Å². The first-order valence-electron chi connectivity index (χ1n) is 5.00. The van der Waals surface area contributed by atoms with Crippen LogP contribution >= 0.6 is 8.46 Å². The fourth-order valence-electron chi connectivity index (χ4n) is 1.24. The van der Waals surface area contributed by atoms with E-state index in [9.17, 15) is 14.2 Å². The van der Waals surface area contributed by atoms with Crippen LogP contribution in [0.1, 0.15) is 18.1 Å². The van der Waals surface area contributed by atoms with E-state index in [0.29, 0.717) is 5.56 Å². The Hall–Kier alpha value is -1.58. The Morgan fingerprint density at radius 3 is 2.47 bits per heavy atom. The van der Waals surface area contributed by atoms with Crippen molar-refractivity contribution in [2.45, 2.75) is 12.5 Å². The van der Waals surface area contributed by atoms with E-state index in [1.54, 1.807) is 30.3 Å². The molecule has 0 fully saturated rings. The minimum atomic E-state index is -1.13. The molecule has 17 heavy (non-hydrogen) atoms. The highest BCUT2D eigenvalue weighted by molar-refractivity contribution is 7.46. The van der Waals surface area contributed by atoms with Crippen molar-refractivity contribution in [2.24, 2.45) is 5.73 Å². The average molecular weight is 253 g/mol. The fourth-order valence-corrected chi connectivity index (χ4v) is 1.54. The second-order valence-corrected chi connectivity index (χ2v) is 3.87. The maximum atomic E-state index is 11.4. The molecule has 0 amide bonds. The maximum Gasteiger partial charge on any atom is 0.308 e. The third kappa shape index (κ3) is 4.06. The standard InChI is InChI=1S/C11H12NO4P/c12-7-6-9(13)16-10(11(14)17-15)8-4-2-1-3-5-8/h1-5,10H,6-7,12H2/t10-/m1/s1. The molecule has 1 rings (SSSR count). The smallest absolute Gasteiger partial charge is 0.308 e. The molecule has 5 nitrogen and oxygen atoms in total. The van der Waals surface area contributed by atoms with E-state index in [4.69, 9.17) is 10.5 Å². The van der Waals surface area contributed by atoms with Crippen molar-refractivity contribution in [3.63, 3.8) is 0 Å². The Labute approximate surface area is 100 Å². The van der Waals surface area contributed by atoms with E-state index in [2.05, 4.69) is 0 Å². The van der Waals surface area contributed by atoms with Crippen molar-refractivity contribution in [1.82, 2.24) is 0 Å². The van der Waals surface area contributed by atoms with E-state index < -0.39 is 26.1 Å². The number of hydrogen-bond acceptors (Lipinski definition) is 5. The maximum absolute atomic E-state index is 11.4. The van der Waals surface area contributed by atoms with Gasteiger partial charge in [-0.1, -0.05) is 30.3 Å². The van der Waals surface area contributed by atoms with Crippen LogP contribution in [-0.2, 0) is 18.9 Å². The summed E-state index contributed by atoms with van der Waals surface area (Å²) in [5.74, 6) is -0.585. The summed E-state index contributed by atoms with van der Waals surface area (Å²) < 4.78 is 15.5. The van der Waals surface area contributed by atoms with Crippen molar-refractivity contribution < 1.29 is 18.9 Å². The van der Waals surface area contributed by atoms with Crippen molar-refractivity contribution >= 4 is 20.0 Å². The van der Waals surface area contributed by atoms with Crippen LogP contribution in [0.4, 0.5) is 0 Å². The molecule has 0 bridgehead atoms. The minimum Gasteiger partial charge on any atom is -0.448 e.